The normalized spacial score (nSPS) is 14.6. The second-order valence-electron chi connectivity index (χ2n) is 6.54. The van der Waals surface area contributed by atoms with Crippen molar-refractivity contribution >= 4 is 65.8 Å². The van der Waals surface area contributed by atoms with Gasteiger partial charge in [0.05, 0.1) is 12.5 Å². The fourth-order valence-electron chi connectivity index (χ4n) is 2.30. The van der Waals surface area contributed by atoms with Crippen molar-refractivity contribution in [2.45, 2.75) is 43.4 Å². The van der Waals surface area contributed by atoms with Gasteiger partial charge in [0.25, 0.3) is 0 Å². The van der Waals surface area contributed by atoms with E-state index < -0.39 is 60.2 Å². The lowest BCUT2D eigenvalue weighted by atomic mass is 10.1. The molecule has 0 aromatic carbocycles. The van der Waals surface area contributed by atoms with E-state index in [1.807, 2.05) is 12.5 Å². The van der Waals surface area contributed by atoms with Crippen LogP contribution in [-0.2, 0) is 24.0 Å². The van der Waals surface area contributed by atoms with Gasteiger partial charge in [-0.05, 0) is 36.9 Å². The fraction of sp³-hybridized carbons (Fsp3) is 0.706. The maximum absolute atomic E-state index is 12.8. The molecule has 178 valence electrons. The highest BCUT2D eigenvalue weighted by molar-refractivity contribution is 7.98. The molecule has 0 aliphatic rings. The van der Waals surface area contributed by atoms with E-state index in [0.717, 1.165) is 0 Å². The number of nitrogens with one attached hydrogen (secondary N) is 3. The van der Waals surface area contributed by atoms with Gasteiger partial charge >= 0.3 is 5.97 Å². The summed E-state index contributed by atoms with van der Waals surface area (Å²) in [4.78, 5) is 60.0. The second-order valence-corrected chi connectivity index (χ2v) is 8.88. The SMILES string of the molecule is CSCCC(N)C(=O)NC(CCSC)C(=O)NC(CC(N)=O)C(=O)NC(CS)C(=O)O. The van der Waals surface area contributed by atoms with Crippen LogP contribution in [0.15, 0.2) is 0 Å². The third-order valence-corrected chi connectivity index (χ3v) is 5.70. The van der Waals surface area contributed by atoms with Crippen molar-refractivity contribution in [1.82, 2.24) is 16.0 Å². The van der Waals surface area contributed by atoms with Crippen molar-refractivity contribution in [3.63, 3.8) is 0 Å². The van der Waals surface area contributed by atoms with Crippen molar-refractivity contribution in [2.24, 2.45) is 11.5 Å². The standard InChI is InChI=1S/C17H31N5O6S3/c1-30-5-3-9(18)14(24)20-10(4-6-31-2)15(25)21-11(7-13(19)23)16(26)22-12(8-29)17(27)28/h9-12,29H,3-8,18H2,1-2H3,(H2,19,23)(H,20,24)(H,21,25)(H,22,26)(H,27,28). The summed E-state index contributed by atoms with van der Waals surface area (Å²) in [5.74, 6) is -3.30. The van der Waals surface area contributed by atoms with Crippen LogP contribution in [0.5, 0.6) is 0 Å². The summed E-state index contributed by atoms with van der Waals surface area (Å²) in [7, 11) is 0. The van der Waals surface area contributed by atoms with Crippen LogP contribution in [0.2, 0.25) is 0 Å². The maximum atomic E-state index is 12.8. The van der Waals surface area contributed by atoms with Gasteiger partial charge in [0.15, 0.2) is 0 Å². The number of aliphatic carboxylic acids is 1. The van der Waals surface area contributed by atoms with E-state index in [1.165, 1.54) is 23.5 Å². The number of thiol groups is 1. The lowest BCUT2D eigenvalue weighted by Gasteiger charge is -2.24. The van der Waals surface area contributed by atoms with Crippen molar-refractivity contribution in [2.75, 3.05) is 29.8 Å². The smallest absolute Gasteiger partial charge is 0.327 e. The predicted molar refractivity (Wildman–Crippen MR) is 125 cm³/mol. The summed E-state index contributed by atoms with van der Waals surface area (Å²) in [6.45, 7) is 0. The minimum absolute atomic E-state index is 0.196. The zero-order chi connectivity index (χ0) is 24.0. The second kappa shape index (κ2) is 16.1. The monoisotopic (exact) mass is 497 g/mol. The zero-order valence-corrected chi connectivity index (χ0v) is 20.0. The molecule has 0 radical (unpaired) electrons. The number of nitrogens with two attached hydrogens (primary N) is 2. The summed E-state index contributed by atoms with van der Waals surface area (Å²) in [5, 5.41) is 16.2. The Kier molecular flexibility index (Phi) is 15.2. The molecule has 0 aromatic rings. The Balaban J connectivity index is 5.33. The van der Waals surface area contributed by atoms with Crippen LogP contribution < -0.4 is 27.4 Å². The van der Waals surface area contributed by atoms with E-state index in [9.17, 15) is 24.0 Å². The van der Waals surface area contributed by atoms with E-state index in [4.69, 9.17) is 16.6 Å². The van der Waals surface area contributed by atoms with Gasteiger partial charge in [0.1, 0.15) is 18.1 Å². The fourth-order valence-corrected chi connectivity index (χ4v) is 3.51. The molecule has 0 aliphatic heterocycles. The van der Waals surface area contributed by atoms with Crippen LogP contribution in [0, 0.1) is 0 Å². The Bertz CT molecular complexity index is 639. The molecule has 0 saturated carbocycles. The Hall–Kier alpha value is -1.64. The van der Waals surface area contributed by atoms with E-state index in [1.54, 1.807) is 0 Å². The number of primary amides is 1. The molecule has 0 rings (SSSR count). The van der Waals surface area contributed by atoms with E-state index in [-0.39, 0.29) is 12.2 Å². The van der Waals surface area contributed by atoms with Crippen LogP contribution in [0.4, 0.5) is 0 Å². The Morgan fingerprint density at radius 3 is 1.84 bits per heavy atom. The summed E-state index contributed by atoms with van der Waals surface area (Å²) in [6.07, 6.45) is 3.84. The summed E-state index contributed by atoms with van der Waals surface area (Å²) >= 11 is 6.84. The summed E-state index contributed by atoms with van der Waals surface area (Å²) in [6, 6.07) is -4.52. The molecule has 0 fully saturated rings. The largest absolute Gasteiger partial charge is 0.480 e. The van der Waals surface area contributed by atoms with Gasteiger partial charge in [0.2, 0.25) is 23.6 Å². The van der Waals surface area contributed by atoms with Crippen LogP contribution in [0.3, 0.4) is 0 Å². The minimum Gasteiger partial charge on any atom is -0.480 e. The molecule has 31 heavy (non-hydrogen) atoms. The van der Waals surface area contributed by atoms with Crippen LogP contribution in [0.1, 0.15) is 19.3 Å². The molecule has 8 N–H and O–H groups in total. The minimum atomic E-state index is -1.41. The molecule has 0 aliphatic carbocycles. The van der Waals surface area contributed by atoms with E-state index >= 15 is 0 Å². The number of hydrogen-bond donors (Lipinski definition) is 7. The van der Waals surface area contributed by atoms with Gasteiger partial charge < -0.3 is 32.5 Å². The Morgan fingerprint density at radius 1 is 0.871 bits per heavy atom. The number of carboxylic acids is 1. The Morgan fingerprint density at radius 2 is 1.35 bits per heavy atom. The molecular weight excluding hydrogens is 466 g/mol. The van der Waals surface area contributed by atoms with Gasteiger partial charge in [-0.2, -0.15) is 36.2 Å². The van der Waals surface area contributed by atoms with E-state index in [0.29, 0.717) is 17.9 Å². The molecule has 11 nitrogen and oxygen atoms in total. The van der Waals surface area contributed by atoms with Crippen molar-refractivity contribution in [3.05, 3.63) is 0 Å². The van der Waals surface area contributed by atoms with Crippen LogP contribution >= 0.6 is 36.2 Å². The lowest BCUT2D eigenvalue weighted by Crippen LogP contribution is -2.58. The number of amides is 4. The number of rotatable bonds is 16. The first kappa shape index (κ1) is 29.4. The predicted octanol–water partition coefficient (Wildman–Crippen LogP) is -1.84. The summed E-state index contributed by atoms with van der Waals surface area (Å²) in [5.41, 5.74) is 11.0. The van der Waals surface area contributed by atoms with Gasteiger partial charge in [-0.15, -0.1) is 0 Å². The quantitative estimate of drug-likeness (QED) is 0.120. The number of carbonyl (C=O) groups is 5. The lowest BCUT2D eigenvalue weighted by molar-refractivity contribution is -0.141. The molecule has 0 heterocycles. The highest BCUT2D eigenvalue weighted by Gasteiger charge is 2.30. The third-order valence-electron chi connectivity index (χ3n) is 4.05. The molecule has 4 atom stereocenters. The molecule has 14 heteroatoms. The summed E-state index contributed by atoms with van der Waals surface area (Å²) < 4.78 is 0. The van der Waals surface area contributed by atoms with Gasteiger partial charge in [-0.25, -0.2) is 4.79 Å². The van der Waals surface area contributed by atoms with Crippen molar-refractivity contribution in [1.29, 1.82) is 0 Å². The van der Waals surface area contributed by atoms with Crippen LogP contribution in [0.25, 0.3) is 0 Å². The number of carbonyl (C=O) groups excluding carboxylic acids is 4. The number of hydrogen-bond acceptors (Lipinski definition) is 9. The molecule has 0 spiro atoms. The number of thioether (sulfide) groups is 2. The highest BCUT2D eigenvalue weighted by Crippen LogP contribution is 2.05. The van der Waals surface area contributed by atoms with Gasteiger partial charge in [-0.1, -0.05) is 0 Å². The topological polar surface area (TPSA) is 194 Å². The molecular formula is C17H31N5O6S3. The molecule has 4 amide bonds. The molecule has 0 bridgehead atoms. The highest BCUT2D eigenvalue weighted by atomic mass is 32.2. The average Bonchev–Trinajstić information content (AvgIpc) is 2.71. The van der Waals surface area contributed by atoms with Crippen molar-refractivity contribution < 1.29 is 29.1 Å². The van der Waals surface area contributed by atoms with Gasteiger partial charge in [-0.3, -0.25) is 19.2 Å². The van der Waals surface area contributed by atoms with Crippen LogP contribution in [-0.4, -0.2) is 88.6 Å². The van der Waals surface area contributed by atoms with Crippen molar-refractivity contribution in [3.8, 4) is 0 Å². The molecule has 0 aromatic heterocycles. The van der Waals surface area contributed by atoms with Gasteiger partial charge in [0, 0.05) is 5.75 Å². The molecule has 0 saturated heterocycles. The maximum Gasteiger partial charge on any atom is 0.327 e. The third kappa shape index (κ3) is 12.1. The number of carboxylic acid groups (broad SMARTS) is 1. The Labute approximate surface area is 195 Å². The first-order chi connectivity index (χ1) is 14.6. The zero-order valence-electron chi connectivity index (χ0n) is 17.5. The first-order valence-electron chi connectivity index (χ1n) is 9.33. The molecule has 4 unspecified atom stereocenters. The average molecular weight is 498 g/mol. The first-order valence-corrected chi connectivity index (χ1v) is 12.8. The van der Waals surface area contributed by atoms with E-state index in [2.05, 4.69) is 28.6 Å².